The summed E-state index contributed by atoms with van der Waals surface area (Å²) in [5.74, 6) is -0.0522. The summed E-state index contributed by atoms with van der Waals surface area (Å²) in [6.07, 6.45) is 6.25. The van der Waals surface area contributed by atoms with Crippen LogP contribution in [0.3, 0.4) is 0 Å². The highest BCUT2D eigenvalue weighted by atomic mass is 35.5. The highest BCUT2D eigenvalue weighted by Crippen LogP contribution is 2.35. The molecule has 0 aromatic heterocycles. The van der Waals surface area contributed by atoms with E-state index in [0.717, 1.165) is 12.2 Å². The van der Waals surface area contributed by atoms with Gasteiger partial charge in [-0.05, 0) is 36.5 Å². The van der Waals surface area contributed by atoms with Crippen molar-refractivity contribution in [1.29, 1.82) is 0 Å². The fraction of sp³-hybridized carbons (Fsp3) is 0.562. The van der Waals surface area contributed by atoms with Gasteiger partial charge in [0, 0.05) is 24.3 Å². The maximum absolute atomic E-state index is 12.4. The quantitative estimate of drug-likeness (QED) is 0.878. The molecule has 0 saturated heterocycles. The van der Waals surface area contributed by atoms with Gasteiger partial charge in [-0.15, -0.1) is 0 Å². The van der Waals surface area contributed by atoms with Gasteiger partial charge in [0.25, 0.3) is 5.91 Å². The van der Waals surface area contributed by atoms with Crippen LogP contribution in [0.25, 0.3) is 0 Å². The van der Waals surface area contributed by atoms with Crippen molar-refractivity contribution in [3.63, 3.8) is 0 Å². The third-order valence-corrected chi connectivity index (χ3v) is 4.47. The predicted octanol–water partition coefficient (Wildman–Crippen LogP) is 4.08. The molecule has 4 heteroatoms. The largest absolute Gasteiger partial charge is 0.387 e. The Balaban J connectivity index is 2.03. The molecule has 1 saturated carbocycles. The number of nitrogens with one attached hydrogen (secondary N) is 2. The molecule has 2 N–H and O–H groups in total. The SMILES string of the molecule is CNc1ccc(Cl)cc1C(=O)NCC1(C)CCCCC1. The highest BCUT2D eigenvalue weighted by Gasteiger charge is 2.27. The number of hydrogen-bond acceptors (Lipinski definition) is 2. The zero-order valence-corrected chi connectivity index (χ0v) is 13.0. The Morgan fingerprint density at radius 1 is 1.30 bits per heavy atom. The Hall–Kier alpha value is -1.22. The summed E-state index contributed by atoms with van der Waals surface area (Å²) in [7, 11) is 1.81. The predicted molar refractivity (Wildman–Crippen MR) is 84.5 cm³/mol. The lowest BCUT2D eigenvalue weighted by Gasteiger charge is -2.33. The lowest BCUT2D eigenvalue weighted by Crippen LogP contribution is -2.37. The summed E-state index contributed by atoms with van der Waals surface area (Å²) in [4.78, 5) is 12.4. The number of benzene rings is 1. The van der Waals surface area contributed by atoms with Gasteiger partial charge < -0.3 is 10.6 Å². The van der Waals surface area contributed by atoms with Crippen molar-refractivity contribution in [3.05, 3.63) is 28.8 Å². The monoisotopic (exact) mass is 294 g/mol. The van der Waals surface area contributed by atoms with Crippen molar-refractivity contribution in [3.8, 4) is 0 Å². The first-order valence-corrected chi connectivity index (χ1v) is 7.67. The van der Waals surface area contributed by atoms with E-state index >= 15 is 0 Å². The number of anilines is 1. The van der Waals surface area contributed by atoms with Crippen LogP contribution in [-0.4, -0.2) is 19.5 Å². The fourth-order valence-electron chi connectivity index (χ4n) is 2.89. The molecule has 1 aromatic rings. The van der Waals surface area contributed by atoms with Gasteiger partial charge in [0.1, 0.15) is 0 Å². The molecular formula is C16H23ClN2O. The standard InChI is InChI=1S/C16H23ClN2O/c1-16(8-4-3-5-9-16)11-19-15(20)13-10-12(17)6-7-14(13)18-2/h6-7,10,18H,3-5,8-9,11H2,1-2H3,(H,19,20). The molecular weight excluding hydrogens is 272 g/mol. The van der Waals surface area contributed by atoms with Crippen molar-refractivity contribution in [2.45, 2.75) is 39.0 Å². The first-order chi connectivity index (χ1) is 9.54. The average Bonchev–Trinajstić information content (AvgIpc) is 2.45. The zero-order valence-electron chi connectivity index (χ0n) is 12.3. The number of halogens is 1. The summed E-state index contributed by atoms with van der Waals surface area (Å²) in [6, 6.07) is 5.33. The minimum absolute atomic E-state index is 0.0522. The van der Waals surface area contributed by atoms with E-state index in [1.807, 2.05) is 13.1 Å². The Labute approximate surface area is 126 Å². The van der Waals surface area contributed by atoms with E-state index in [9.17, 15) is 4.79 Å². The summed E-state index contributed by atoms with van der Waals surface area (Å²) in [5.41, 5.74) is 1.66. The van der Waals surface area contributed by atoms with Crippen LogP contribution < -0.4 is 10.6 Å². The first-order valence-electron chi connectivity index (χ1n) is 7.30. The lowest BCUT2D eigenvalue weighted by atomic mass is 9.76. The van der Waals surface area contributed by atoms with Crippen LogP contribution in [0.2, 0.25) is 5.02 Å². The summed E-state index contributed by atoms with van der Waals surface area (Å²) >= 11 is 5.99. The number of carbonyl (C=O) groups excluding carboxylic acids is 1. The van der Waals surface area contributed by atoms with E-state index in [4.69, 9.17) is 11.6 Å². The van der Waals surface area contributed by atoms with Gasteiger partial charge in [-0.1, -0.05) is 37.8 Å². The van der Waals surface area contributed by atoms with Gasteiger partial charge in [0.05, 0.1) is 5.56 Å². The molecule has 0 aliphatic heterocycles. The number of hydrogen-bond donors (Lipinski definition) is 2. The lowest BCUT2D eigenvalue weighted by molar-refractivity contribution is 0.0920. The van der Waals surface area contributed by atoms with E-state index in [2.05, 4.69) is 17.6 Å². The van der Waals surface area contributed by atoms with Gasteiger partial charge in [-0.25, -0.2) is 0 Å². The number of rotatable bonds is 4. The zero-order chi connectivity index (χ0) is 14.6. The first kappa shape index (κ1) is 15.2. The van der Waals surface area contributed by atoms with Gasteiger partial charge in [0.15, 0.2) is 0 Å². The molecule has 3 nitrogen and oxygen atoms in total. The van der Waals surface area contributed by atoms with Gasteiger partial charge in [0.2, 0.25) is 0 Å². The highest BCUT2D eigenvalue weighted by molar-refractivity contribution is 6.31. The molecule has 20 heavy (non-hydrogen) atoms. The molecule has 2 rings (SSSR count). The summed E-state index contributed by atoms with van der Waals surface area (Å²) in [6.45, 7) is 3.00. The molecule has 1 aromatic carbocycles. The molecule has 1 aliphatic carbocycles. The molecule has 0 unspecified atom stereocenters. The van der Waals surface area contributed by atoms with E-state index in [1.54, 1.807) is 12.1 Å². The topological polar surface area (TPSA) is 41.1 Å². The summed E-state index contributed by atoms with van der Waals surface area (Å²) in [5, 5.41) is 6.69. The minimum atomic E-state index is -0.0522. The molecule has 1 aliphatic rings. The Bertz CT molecular complexity index is 481. The average molecular weight is 295 g/mol. The maximum atomic E-state index is 12.4. The Morgan fingerprint density at radius 2 is 2.00 bits per heavy atom. The fourth-order valence-corrected chi connectivity index (χ4v) is 3.07. The molecule has 110 valence electrons. The van der Waals surface area contributed by atoms with E-state index in [1.165, 1.54) is 32.1 Å². The molecule has 0 spiro atoms. The van der Waals surface area contributed by atoms with Crippen LogP contribution in [0, 0.1) is 5.41 Å². The number of amides is 1. The third kappa shape index (κ3) is 3.66. The van der Waals surface area contributed by atoms with Crippen LogP contribution in [-0.2, 0) is 0 Å². The smallest absolute Gasteiger partial charge is 0.253 e. The minimum Gasteiger partial charge on any atom is -0.387 e. The molecule has 0 radical (unpaired) electrons. The van der Waals surface area contributed by atoms with E-state index in [0.29, 0.717) is 10.6 Å². The van der Waals surface area contributed by atoms with Crippen LogP contribution >= 0.6 is 11.6 Å². The van der Waals surface area contributed by atoms with Crippen molar-refractivity contribution in [2.24, 2.45) is 5.41 Å². The molecule has 0 bridgehead atoms. The van der Waals surface area contributed by atoms with Crippen molar-refractivity contribution >= 4 is 23.2 Å². The van der Waals surface area contributed by atoms with Crippen LogP contribution in [0.4, 0.5) is 5.69 Å². The normalized spacial score (nSPS) is 17.6. The van der Waals surface area contributed by atoms with Crippen LogP contribution in [0.5, 0.6) is 0 Å². The van der Waals surface area contributed by atoms with Gasteiger partial charge in [-0.2, -0.15) is 0 Å². The van der Waals surface area contributed by atoms with Gasteiger partial charge in [-0.3, -0.25) is 4.79 Å². The molecule has 1 amide bonds. The van der Waals surface area contributed by atoms with Crippen molar-refractivity contribution in [1.82, 2.24) is 5.32 Å². The second kappa shape index (κ2) is 6.49. The van der Waals surface area contributed by atoms with Crippen LogP contribution in [0.15, 0.2) is 18.2 Å². The van der Waals surface area contributed by atoms with E-state index in [-0.39, 0.29) is 11.3 Å². The molecule has 0 heterocycles. The van der Waals surface area contributed by atoms with Crippen molar-refractivity contribution in [2.75, 3.05) is 18.9 Å². The molecule has 0 atom stereocenters. The third-order valence-electron chi connectivity index (χ3n) is 4.23. The van der Waals surface area contributed by atoms with Gasteiger partial charge >= 0.3 is 0 Å². The summed E-state index contributed by atoms with van der Waals surface area (Å²) < 4.78 is 0. The van der Waals surface area contributed by atoms with Crippen LogP contribution in [0.1, 0.15) is 49.4 Å². The van der Waals surface area contributed by atoms with Crippen molar-refractivity contribution < 1.29 is 4.79 Å². The molecule has 1 fully saturated rings. The second-order valence-electron chi connectivity index (χ2n) is 5.99. The maximum Gasteiger partial charge on any atom is 0.253 e. The Kier molecular flexibility index (Phi) is 4.92. The van der Waals surface area contributed by atoms with E-state index < -0.39 is 0 Å². The Morgan fingerprint density at radius 3 is 2.65 bits per heavy atom. The number of carbonyl (C=O) groups is 1. The second-order valence-corrected chi connectivity index (χ2v) is 6.43.